The van der Waals surface area contributed by atoms with E-state index in [1.54, 1.807) is 24.5 Å². The molecule has 0 radical (unpaired) electrons. The average molecular weight is 297 g/mol. The number of hydrogen-bond donors (Lipinski definition) is 3. The molecule has 0 spiro atoms. The Balaban J connectivity index is 1.73. The van der Waals surface area contributed by atoms with Gasteiger partial charge in [-0.3, -0.25) is 15.4 Å². The van der Waals surface area contributed by atoms with Gasteiger partial charge in [-0.05, 0) is 38.1 Å². The van der Waals surface area contributed by atoms with Crippen LogP contribution in [-0.4, -0.2) is 21.2 Å². The molecule has 0 fully saturated rings. The van der Waals surface area contributed by atoms with E-state index in [2.05, 4.69) is 25.8 Å². The number of furan rings is 1. The Labute approximate surface area is 126 Å². The van der Waals surface area contributed by atoms with Crippen LogP contribution in [0.2, 0.25) is 0 Å². The van der Waals surface area contributed by atoms with E-state index in [0.717, 1.165) is 17.0 Å². The van der Waals surface area contributed by atoms with Crippen LogP contribution in [0.15, 0.2) is 41.1 Å². The SMILES string of the molecule is Cc1ccc(-c2[nH]nc(NC(=O)Nc3ccncc3)c2C)o1. The summed E-state index contributed by atoms with van der Waals surface area (Å²) in [4.78, 5) is 15.9. The summed E-state index contributed by atoms with van der Waals surface area (Å²) in [5.41, 5.74) is 2.20. The summed E-state index contributed by atoms with van der Waals surface area (Å²) in [7, 11) is 0. The fraction of sp³-hybridized carbons (Fsp3) is 0.133. The van der Waals surface area contributed by atoms with Crippen LogP contribution < -0.4 is 10.6 Å². The lowest BCUT2D eigenvalue weighted by molar-refractivity contribution is 0.262. The van der Waals surface area contributed by atoms with E-state index in [1.165, 1.54) is 0 Å². The smallest absolute Gasteiger partial charge is 0.324 e. The molecule has 2 amide bonds. The Morgan fingerprint density at radius 1 is 1.14 bits per heavy atom. The molecule has 0 aliphatic heterocycles. The lowest BCUT2D eigenvalue weighted by Gasteiger charge is -2.05. The second-order valence-corrected chi connectivity index (χ2v) is 4.80. The Kier molecular flexibility index (Phi) is 3.61. The third kappa shape index (κ3) is 2.83. The summed E-state index contributed by atoms with van der Waals surface area (Å²) >= 11 is 0. The average Bonchev–Trinajstić information content (AvgIpc) is 3.07. The third-order valence-corrected chi connectivity index (χ3v) is 3.17. The number of aromatic nitrogens is 3. The highest BCUT2D eigenvalue weighted by Crippen LogP contribution is 2.27. The van der Waals surface area contributed by atoms with Crippen LogP contribution >= 0.6 is 0 Å². The number of pyridine rings is 1. The molecule has 3 N–H and O–H groups in total. The Morgan fingerprint density at radius 3 is 2.59 bits per heavy atom. The fourth-order valence-corrected chi connectivity index (χ4v) is 2.03. The number of nitrogens with one attached hydrogen (secondary N) is 3. The van der Waals surface area contributed by atoms with Gasteiger partial charge < -0.3 is 9.73 Å². The summed E-state index contributed by atoms with van der Waals surface area (Å²) in [6.45, 7) is 3.73. The van der Waals surface area contributed by atoms with Gasteiger partial charge in [0.05, 0.1) is 0 Å². The molecule has 22 heavy (non-hydrogen) atoms. The summed E-state index contributed by atoms with van der Waals surface area (Å²) in [5.74, 6) is 1.95. The van der Waals surface area contributed by atoms with Crippen molar-refractivity contribution in [1.29, 1.82) is 0 Å². The first kappa shape index (κ1) is 13.9. The van der Waals surface area contributed by atoms with Crippen molar-refractivity contribution in [3.05, 3.63) is 48.0 Å². The molecule has 0 saturated carbocycles. The molecule has 3 rings (SSSR count). The summed E-state index contributed by atoms with van der Waals surface area (Å²) < 4.78 is 5.56. The molecule has 0 bridgehead atoms. The number of aryl methyl sites for hydroxylation is 1. The number of rotatable bonds is 3. The largest absolute Gasteiger partial charge is 0.460 e. The highest BCUT2D eigenvalue weighted by molar-refractivity contribution is 5.99. The van der Waals surface area contributed by atoms with Gasteiger partial charge in [0.1, 0.15) is 11.5 Å². The number of urea groups is 1. The van der Waals surface area contributed by atoms with Crippen LogP contribution in [0.4, 0.5) is 16.3 Å². The fourth-order valence-electron chi connectivity index (χ4n) is 2.03. The van der Waals surface area contributed by atoms with Crippen molar-refractivity contribution in [3.63, 3.8) is 0 Å². The van der Waals surface area contributed by atoms with E-state index in [0.29, 0.717) is 17.3 Å². The van der Waals surface area contributed by atoms with Gasteiger partial charge in [0.15, 0.2) is 11.6 Å². The van der Waals surface area contributed by atoms with Gasteiger partial charge in [0.2, 0.25) is 0 Å². The highest BCUT2D eigenvalue weighted by Gasteiger charge is 2.15. The third-order valence-electron chi connectivity index (χ3n) is 3.17. The minimum absolute atomic E-state index is 0.372. The molecule has 0 unspecified atom stereocenters. The topological polar surface area (TPSA) is 95.8 Å². The van der Waals surface area contributed by atoms with Gasteiger partial charge in [0, 0.05) is 23.6 Å². The minimum atomic E-state index is -0.372. The van der Waals surface area contributed by atoms with Crippen molar-refractivity contribution in [2.45, 2.75) is 13.8 Å². The zero-order chi connectivity index (χ0) is 15.5. The normalized spacial score (nSPS) is 10.5. The van der Waals surface area contributed by atoms with E-state index < -0.39 is 0 Å². The Bertz CT molecular complexity index is 791. The molecule has 7 heteroatoms. The maximum Gasteiger partial charge on any atom is 0.324 e. The molecular formula is C15H15N5O2. The molecular weight excluding hydrogens is 282 g/mol. The van der Waals surface area contributed by atoms with Crippen LogP contribution in [0, 0.1) is 13.8 Å². The van der Waals surface area contributed by atoms with Crippen molar-refractivity contribution in [3.8, 4) is 11.5 Å². The minimum Gasteiger partial charge on any atom is -0.460 e. The first-order valence-electron chi connectivity index (χ1n) is 6.73. The maximum atomic E-state index is 12.0. The van der Waals surface area contributed by atoms with Crippen LogP contribution in [-0.2, 0) is 0 Å². The van der Waals surface area contributed by atoms with Gasteiger partial charge in [0.25, 0.3) is 0 Å². The van der Waals surface area contributed by atoms with E-state index in [9.17, 15) is 4.79 Å². The first-order valence-corrected chi connectivity index (χ1v) is 6.73. The van der Waals surface area contributed by atoms with Crippen molar-refractivity contribution in [2.24, 2.45) is 0 Å². The number of carbonyl (C=O) groups is 1. The van der Waals surface area contributed by atoms with Crippen LogP contribution in [0.5, 0.6) is 0 Å². The maximum absolute atomic E-state index is 12.0. The number of anilines is 2. The van der Waals surface area contributed by atoms with Crippen LogP contribution in [0.25, 0.3) is 11.5 Å². The van der Waals surface area contributed by atoms with Crippen molar-refractivity contribution < 1.29 is 9.21 Å². The number of nitrogens with zero attached hydrogens (tertiary/aromatic N) is 2. The van der Waals surface area contributed by atoms with Crippen LogP contribution in [0.1, 0.15) is 11.3 Å². The molecule has 0 aliphatic rings. The number of H-pyrrole nitrogens is 1. The van der Waals surface area contributed by atoms with E-state index >= 15 is 0 Å². The number of aromatic amines is 1. The Hall–Kier alpha value is -3.09. The second-order valence-electron chi connectivity index (χ2n) is 4.80. The summed E-state index contributed by atoms with van der Waals surface area (Å²) in [6.07, 6.45) is 3.21. The van der Waals surface area contributed by atoms with E-state index in [4.69, 9.17) is 4.42 Å². The predicted octanol–water partition coefficient (Wildman–Crippen LogP) is 3.33. The zero-order valence-electron chi connectivity index (χ0n) is 12.2. The molecule has 3 aromatic rings. The molecule has 0 aliphatic carbocycles. The molecule has 0 atom stereocenters. The molecule has 0 aromatic carbocycles. The molecule has 7 nitrogen and oxygen atoms in total. The van der Waals surface area contributed by atoms with Gasteiger partial charge in [-0.1, -0.05) is 0 Å². The molecule has 112 valence electrons. The van der Waals surface area contributed by atoms with Gasteiger partial charge in [-0.25, -0.2) is 4.79 Å². The molecule has 3 heterocycles. The van der Waals surface area contributed by atoms with E-state index in [-0.39, 0.29) is 6.03 Å². The lowest BCUT2D eigenvalue weighted by atomic mass is 10.2. The first-order chi connectivity index (χ1) is 10.6. The second kappa shape index (κ2) is 5.72. The van der Waals surface area contributed by atoms with Gasteiger partial charge in [-0.15, -0.1) is 0 Å². The van der Waals surface area contributed by atoms with Crippen molar-refractivity contribution in [1.82, 2.24) is 15.2 Å². The zero-order valence-corrected chi connectivity index (χ0v) is 12.2. The summed E-state index contributed by atoms with van der Waals surface area (Å²) in [6, 6.07) is 6.76. The van der Waals surface area contributed by atoms with E-state index in [1.807, 2.05) is 26.0 Å². The summed E-state index contributed by atoms with van der Waals surface area (Å²) in [5, 5.41) is 12.4. The van der Waals surface area contributed by atoms with Crippen molar-refractivity contribution in [2.75, 3.05) is 10.6 Å². The number of carbonyl (C=O) groups excluding carboxylic acids is 1. The predicted molar refractivity (Wildman–Crippen MR) is 82.6 cm³/mol. The number of hydrogen-bond acceptors (Lipinski definition) is 4. The lowest BCUT2D eigenvalue weighted by Crippen LogP contribution is -2.20. The van der Waals surface area contributed by atoms with Crippen LogP contribution in [0.3, 0.4) is 0 Å². The molecule has 0 saturated heterocycles. The number of amides is 2. The standard InChI is InChI=1S/C15H15N5O2/c1-9-3-4-12(22-9)13-10(2)14(20-19-13)18-15(21)17-11-5-7-16-8-6-11/h3-8H,1-2H3,(H3,16,17,18,19,20,21). The van der Waals surface area contributed by atoms with Gasteiger partial charge >= 0.3 is 6.03 Å². The quantitative estimate of drug-likeness (QED) is 0.691. The highest BCUT2D eigenvalue weighted by atomic mass is 16.3. The van der Waals surface area contributed by atoms with Gasteiger partial charge in [-0.2, -0.15) is 5.10 Å². The molecule has 3 aromatic heterocycles. The monoisotopic (exact) mass is 297 g/mol. The van der Waals surface area contributed by atoms with Crippen molar-refractivity contribution >= 4 is 17.5 Å². The Morgan fingerprint density at radius 2 is 1.91 bits per heavy atom.